The summed E-state index contributed by atoms with van der Waals surface area (Å²) in [4.78, 5) is 0.132. The molecular formula is C19H25NO6S. The van der Waals surface area contributed by atoms with Crippen LogP contribution in [0, 0.1) is 0 Å². The second-order valence-electron chi connectivity index (χ2n) is 5.82. The molecule has 0 aliphatic carbocycles. The van der Waals surface area contributed by atoms with E-state index in [4.69, 9.17) is 14.2 Å². The number of likely N-dealkylation sites (N-methyl/N-ethyl adjacent to an activating group) is 1. The highest BCUT2D eigenvalue weighted by Crippen LogP contribution is 2.30. The Bertz CT molecular complexity index is 851. The molecular weight excluding hydrogens is 370 g/mol. The average Bonchev–Trinajstić information content (AvgIpc) is 2.67. The minimum Gasteiger partial charge on any atom is -0.494 e. The Labute approximate surface area is 160 Å². The third-order valence-corrected chi connectivity index (χ3v) is 5.90. The van der Waals surface area contributed by atoms with E-state index in [0.717, 1.165) is 4.31 Å². The molecule has 0 amide bonds. The molecule has 0 saturated heterocycles. The number of ether oxygens (including phenoxy) is 3. The lowest BCUT2D eigenvalue weighted by Crippen LogP contribution is -2.31. The van der Waals surface area contributed by atoms with Gasteiger partial charge in [-0.3, -0.25) is 0 Å². The molecule has 0 aliphatic heterocycles. The lowest BCUT2D eigenvalue weighted by Gasteiger charge is -2.21. The zero-order valence-corrected chi connectivity index (χ0v) is 16.7. The summed E-state index contributed by atoms with van der Waals surface area (Å²) in [6.07, 6.45) is -1.02. The fourth-order valence-corrected chi connectivity index (χ4v) is 3.74. The maximum Gasteiger partial charge on any atom is 0.242 e. The van der Waals surface area contributed by atoms with E-state index in [1.165, 1.54) is 33.4 Å². The van der Waals surface area contributed by atoms with Crippen LogP contribution >= 0.6 is 0 Å². The van der Waals surface area contributed by atoms with Crippen LogP contribution < -0.4 is 14.2 Å². The smallest absolute Gasteiger partial charge is 0.242 e. The predicted octanol–water partition coefficient (Wildman–Crippen LogP) is 2.46. The number of hydrogen-bond donors (Lipinski definition) is 1. The van der Waals surface area contributed by atoms with E-state index in [2.05, 4.69) is 0 Å². The fraction of sp³-hybridized carbons (Fsp3) is 0.368. The number of aliphatic hydroxyl groups is 1. The molecule has 2 aromatic carbocycles. The van der Waals surface area contributed by atoms with Crippen molar-refractivity contribution in [1.29, 1.82) is 0 Å². The average molecular weight is 395 g/mol. The monoisotopic (exact) mass is 395 g/mol. The van der Waals surface area contributed by atoms with Gasteiger partial charge in [0.05, 0.1) is 31.8 Å². The van der Waals surface area contributed by atoms with Crippen molar-refractivity contribution in [2.24, 2.45) is 0 Å². The van der Waals surface area contributed by atoms with Crippen molar-refractivity contribution in [3.05, 3.63) is 48.0 Å². The maximum atomic E-state index is 12.7. The van der Waals surface area contributed by atoms with Crippen LogP contribution in [0.5, 0.6) is 17.2 Å². The van der Waals surface area contributed by atoms with Crippen LogP contribution in [-0.4, -0.2) is 52.2 Å². The first-order valence-corrected chi connectivity index (χ1v) is 9.86. The van der Waals surface area contributed by atoms with Crippen LogP contribution in [0.4, 0.5) is 0 Å². The Kier molecular flexibility index (Phi) is 7.06. The van der Waals surface area contributed by atoms with Crippen LogP contribution in [-0.2, 0) is 10.0 Å². The van der Waals surface area contributed by atoms with Gasteiger partial charge in [-0.15, -0.1) is 0 Å². The molecule has 0 spiro atoms. The molecule has 2 rings (SSSR count). The molecule has 0 radical (unpaired) electrons. The molecule has 27 heavy (non-hydrogen) atoms. The molecule has 0 bridgehead atoms. The summed E-state index contributed by atoms with van der Waals surface area (Å²) in [5, 5.41) is 10.5. The summed E-state index contributed by atoms with van der Waals surface area (Å²) in [5.41, 5.74) is 0.529. The lowest BCUT2D eigenvalue weighted by atomic mass is 10.1. The number of methoxy groups -OCH3 is 2. The Morgan fingerprint density at radius 3 is 2.22 bits per heavy atom. The maximum absolute atomic E-state index is 12.7. The van der Waals surface area contributed by atoms with Gasteiger partial charge in [0.15, 0.2) is 11.5 Å². The van der Waals surface area contributed by atoms with E-state index >= 15 is 0 Å². The van der Waals surface area contributed by atoms with Crippen molar-refractivity contribution in [3.63, 3.8) is 0 Å². The third-order valence-electron chi connectivity index (χ3n) is 4.07. The van der Waals surface area contributed by atoms with Gasteiger partial charge in [0.1, 0.15) is 5.75 Å². The van der Waals surface area contributed by atoms with E-state index in [0.29, 0.717) is 29.4 Å². The van der Waals surface area contributed by atoms with Gasteiger partial charge in [0, 0.05) is 13.6 Å². The highest BCUT2D eigenvalue weighted by Gasteiger charge is 2.24. The molecule has 0 saturated carbocycles. The number of nitrogens with zero attached hydrogens (tertiary/aromatic N) is 1. The number of aliphatic hydroxyl groups excluding tert-OH is 1. The minimum atomic E-state index is -3.74. The van der Waals surface area contributed by atoms with Gasteiger partial charge in [-0.2, -0.15) is 4.31 Å². The van der Waals surface area contributed by atoms with E-state index in [-0.39, 0.29) is 11.4 Å². The number of sulfonamides is 1. The standard InChI is InChI=1S/C19H25NO6S/c1-5-26-15-7-9-16(10-8-15)27(22,23)20(2)13-17(21)14-6-11-18(24-3)19(12-14)25-4/h6-12,17,21H,5,13H2,1-4H3. The first kappa shape index (κ1) is 21.0. The van der Waals surface area contributed by atoms with Gasteiger partial charge in [-0.1, -0.05) is 6.07 Å². The van der Waals surface area contributed by atoms with E-state index in [1.807, 2.05) is 6.92 Å². The summed E-state index contributed by atoms with van der Waals surface area (Å²) in [6, 6.07) is 11.1. The normalized spacial score (nSPS) is 12.7. The summed E-state index contributed by atoms with van der Waals surface area (Å²) >= 11 is 0. The molecule has 2 aromatic rings. The second-order valence-corrected chi connectivity index (χ2v) is 7.87. The minimum absolute atomic E-state index is 0.106. The highest BCUT2D eigenvalue weighted by atomic mass is 32.2. The van der Waals surface area contributed by atoms with Crippen LogP contribution in [0.2, 0.25) is 0 Å². The second kappa shape index (κ2) is 9.07. The predicted molar refractivity (Wildman–Crippen MR) is 102 cm³/mol. The molecule has 1 N–H and O–H groups in total. The highest BCUT2D eigenvalue weighted by molar-refractivity contribution is 7.89. The van der Waals surface area contributed by atoms with Crippen molar-refractivity contribution in [2.75, 3.05) is 34.4 Å². The Morgan fingerprint density at radius 2 is 1.67 bits per heavy atom. The topological polar surface area (TPSA) is 85.3 Å². The number of rotatable bonds is 9. The molecule has 1 atom stereocenters. The first-order valence-electron chi connectivity index (χ1n) is 8.42. The molecule has 7 nitrogen and oxygen atoms in total. The number of hydrogen-bond acceptors (Lipinski definition) is 6. The van der Waals surface area contributed by atoms with Crippen LogP contribution in [0.1, 0.15) is 18.6 Å². The zero-order valence-electron chi connectivity index (χ0n) is 15.9. The quantitative estimate of drug-likeness (QED) is 0.702. The van der Waals surface area contributed by atoms with Gasteiger partial charge >= 0.3 is 0 Å². The molecule has 8 heteroatoms. The Balaban J connectivity index is 2.15. The fourth-order valence-electron chi connectivity index (χ4n) is 2.56. The molecule has 1 unspecified atom stereocenters. The number of benzene rings is 2. The van der Waals surface area contributed by atoms with E-state index in [9.17, 15) is 13.5 Å². The SMILES string of the molecule is CCOc1ccc(S(=O)(=O)N(C)CC(O)c2ccc(OC)c(OC)c2)cc1. The van der Waals surface area contributed by atoms with Crippen LogP contribution in [0.25, 0.3) is 0 Å². The zero-order chi connectivity index (χ0) is 20.0. The molecule has 0 aromatic heterocycles. The first-order chi connectivity index (χ1) is 12.8. The summed E-state index contributed by atoms with van der Waals surface area (Å²) in [6.45, 7) is 2.25. The lowest BCUT2D eigenvalue weighted by molar-refractivity contribution is 0.154. The van der Waals surface area contributed by atoms with Crippen molar-refractivity contribution in [3.8, 4) is 17.2 Å². The van der Waals surface area contributed by atoms with E-state index in [1.54, 1.807) is 30.3 Å². The van der Waals surface area contributed by atoms with Gasteiger partial charge in [0.2, 0.25) is 10.0 Å². The van der Waals surface area contributed by atoms with Gasteiger partial charge < -0.3 is 19.3 Å². The molecule has 0 heterocycles. The molecule has 0 aliphatic rings. The van der Waals surface area contributed by atoms with Crippen molar-refractivity contribution in [2.45, 2.75) is 17.9 Å². The summed E-state index contributed by atoms with van der Waals surface area (Å²) in [7, 11) is 0.701. The van der Waals surface area contributed by atoms with Crippen LogP contribution in [0.3, 0.4) is 0 Å². The van der Waals surface area contributed by atoms with Crippen molar-refractivity contribution < 1.29 is 27.7 Å². The molecule has 0 fully saturated rings. The largest absolute Gasteiger partial charge is 0.494 e. The molecule has 148 valence electrons. The van der Waals surface area contributed by atoms with Gasteiger partial charge in [-0.25, -0.2) is 8.42 Å². The summed E-state index contributed by atoms with van der Waals surface area (Å²) in [5.74, 6) is 1.60. The van der Waals surface area contributed by atoms with Crippen molar-refractivity contribution in [1.82, 2.24) is 4.31 Å². The van der Waals surface area contributed by atoms with E-state index < -0.39 is 16.1 Å². The van der Waals surface area contributed by atoms with Crippen molar-refractivity contribution >= 4 is 10.0 Å². The Hall–Kier alpha value is -2.29. The Morgan fingerprint density at radius 1 is 1.04 bits per heavy atom. The third kappa shape index (κ3) is 4.91. The summed E-state index contributed by atoms with van der Waals surface area (Å²) < 4.78 is 42.3. The van der Waals surface area contributed by atoms with Crippen LogP contribution in [0.15, 0.2) is 47.4 Å². The van der Waals surface area contributed by atoms with Gasteiger partial charge in [0.25, 0.3) is 0 Å². The van der Waals surface area contributed by atoms with Gasteiger partial charge in [-0.05, 0) is 48.9 Å².